The van der Waals surface area contributed by atoms with Crippen molar-refractivity contribution in [2.45, 2.75) is 32.8 Å². The van der Waals surface area contributed by atoms with Gasteiger partial charge in [0.05, 0.1) is 7.11 Å². The molecule has 0 saturated heterocycles. The fourth-order valence-electron chi connectivity index (χ4n) is 1.55. The summed E-state index contributed by atoms with van der Waals surface area (Å²) in [5.74, 6) is 0.828. The number of nitrogens with zero attached hydrogens (tertiary/aromatic N) is 1. The molecule has 0 atom stereocenters. The molecular formula is C15H22N2O2S. The predicted molar refractivity (Wildman–Crippen MR) is 86.4 cm³/mol. The van der Waals surface area contributed by atoms with E-state index in [1.54, 1.807) is 7.11 Å². The van der Waals surface area contributed by atoms with E-state index in [2.05, 4.69) is 17.4 Å². The van der Waals surface area contributed by atoms with E-state index in [1.165, 1.54) is 19.1 Å². The molecule has 5 heteroatoms. The van der Waals surface area contributed by atoms with Gasteiger partial charge in [0.15, 0.2) is 0 Å². The van der Waals surface area contributed by atoms with E-state index >= 15 is 0 Å². The molecule has 0 aliphatic carbocycles. The number of methoxy groups -OCH3 is 1. The maximum Gasteiger partial charge on any atom is 0.142 e. The quantitative estimate of drug-likeness (QED) is 0.328. The lowest BCUT2D eigenvalue weighted by Gasteiger charge is -2.03. The van der Waals surface area contributed by atoms with Gasteiger partial charge in [0.25, 0.3) is 0 Å². The van der Waals surface area contributed by atoms with Crippen LogP contribution in [-0.2, 0) is 11.4 Å². The molecule has 0 bridgehead atoms. The van der Waals surface area contributed by atoms with Crippen LogP contribution in [0, 0.1) is 0 Å². The van der Waals surface area contributed by atoms with Gasteiger partial charge in [-0.2, -0.15) is 0 Å². The zero-order chi connectivity index (χ0) is 14.6. The molecule has 0 saturated carbocycles. The van der Waals surface area contributed by atoms with Crippen LogP contribution in [0.4, 0.5) is 0 Å². The van der Waals surface area contributed by atoms with Crippen molar-refractivity contribution in [3.63, 3.8) is 0 Å². The van der Waals surface area contributed by atoms with Crippen LogP contribution in [0.1, 0.15) is 31.7 Å². The third-order valence-electron chi connectivity index (χ3n) is 2.71. The summed E-state index contributed by atoms with van der Waals surface area (Å²) in [6, 6.07) is 7.66. The van der Waals surface area contributed by atoms with Gasteiger partial charge in [0.1, 0.15) is 23.6 Å². The van der Waals surface area contributed by atoms with Gasteiger partial charge < -0.3 is 14.9 Å². The summed E-state index contributed by atoms with van der Waals surface area (Å²) >= 11 is 5.11. The summed E-state index contributed by atoms with van der Waals surface area (Å²) in [4.78, 5) is 5.80. The number of hydrogen-bond donors (Lipinski definition) is 1. The number of hydrogen-bond acceptors (Lipinski definition) is 4. The summed E-state index contributed by atoms with van der Waals surface area (Å²) < 4.78 is 5.09. The number of ether oxygens (including phenoxy) is 1. The van der Waals surface area contributed by atoms with E-state index < -0.39 is 0 Å². The van der Waals surface area contributed by atoms with Crippen molar-refractivity contribution in [2.24, 2.45) is 5.16 Å². The summed E-state index contributed by atoms with van der Waals surface area (Å²) in [6.45, 7) is 3.48. The number of oxime groups is 1. The summed E-state index contributed by atoms with van der Waals surface area (Å²) in [7, 11) is 1.64. The third kappa shape index (κ3) is 7.09. The number of thiocarbonyl (C=S) groups is 1. The highest BCUT2D eigenvalue weighted by Gasteiger charge is 1.95. The minimum atomic E-state index is 0.416. The Labute approximate surface area is 126 Å². The van der Waals surface area contributed by atoms with Crippen molar-refractivity contribution in [2.75, 3.05) is 13.7 Å². The number of benzene rings is 1. The van der Waals surface area contributed by atoms with Crippen LogP contribution in [0.2, 0.25) is 0 Å². The van der Waals surface area contributed by atoms with Crippen LogP contribution in [0.25, 0.3) is 0 Å². The maximum absolute atomic E-state index is 5.19. The molecular weight excluding hydrogens is 272 g/mol. The lowest BCUT2D eigenvalue weighted by Crippen LogP contribution is -2.23. The fraction of sp³-hybridized carbons (Fsp3) is 0.467. The Bertz CT molecular complexity index is 418. The Morgan fingerprint density at radius 3 is 2.70 bits per heavy atom. The van der Waals surface area contributed by atoms with Crippen molar-refractivity contribution in [3.05, 3.63) is 29.8 Å². The standard InChI is InChI=1S/C15H22N2O2S/c1-3-4-5-10-16-15(20)11-17-19-12-13-6-8-14(18-2)9-7-13/h6-9,11H,3-5,10,12H2,1-2H3,(H,16,20)/b17-11+. The second-order valence-electron chi connectivity index (χ2n) is 4.35. The maximum atomic E-state index is 5.19. The molecule has 20 heavy (non-hydrogen) atoms. The van der Waals surface area contributed by atoms with Gasteiger partial charge in [-0.05, 0) is 24.1 Å². The van der Waals surface area contributed by atoms with E-state index in [4.69, 9.17) is 21.8 Å². The zero-order valence-electron chi connectivity index (χ0n) is 12.1. The first-order valence-electron chi connectivity index (χ1n) is 6.82. The van der Waals surface area contributed by atoms with Gasteiger partial charge >= 0.3 is 0 Å². The molecule has 1 aromatic rings. The van der Waals surface area contributed by atoms with Gasteiger partial charge in [0.2, 0.25) is 0 Å². The number of nitrogens with one attached hydrogen (secondary N) is 1. The fourth-order valence-corrected chi connectivity index (χ4v) is 1.70. The normalized spacial score (nSPS) is 10.5. The van der Waals surface area contributed by atoms with Gasteiger partial charge in [0, 0.05) is 6.54 Å². The van der Waals surface area contributed by atoms with Crippen molar-refractivity contribution < 1.29 is 9.57 Å². The molecule has 0 aliphatic heterocycles. The first kappa shape index (κ1) is 16.4. The minimum absolute atomic E-state index is 0.416. The minimum Gasteiger partial charge on any atom is -0.497 e. The molecule has 110 valence electrons. The SMILES string of the molecule is CCCCCNC(=S)/C=N/OCc1ccc(OC)cc1. The van der Waals surface area contributed by atoms with E-state index in [9.17, 15) is 0 Å². The number of unbranched alkanes of at least 4 members (excludes halogenated alkanes) is 2. The van der Waals surface area contributed by atoms with E-state index in [-0.39, 0.29) is 0 Å². The first-order chi connectivity index (χ1) is 9.76. The van der Waals surface area contributed by atoms with Crippen molar-refractivity contribution in [3.8, 4) is 5.75 Å². The van der Waals surface area contributed by atoms with Gasteiger partial charge in [-0.1, -0.05) is 49.3 Å². The second kappa shape index (κ2) is 10.2. The Balaban J connectivity index is 2.18. The van der Waals surface area contributed by atoms with Crippen LogP contribution in [0.5, 0.6) is 5.75 Å². The molecule has 0 heterocycles. The van der Waals surface area contributed by atoms with E-state index in [1.807, 2.05) is 24.3 Å². The molecule has 0 spiro atoms. The highest BCUT2D eigenvalue weighted by molar-refractivity contribution is 7.81. The van der Waals surface area contributed by atoms with Crippen LogP contribution in [0.15, 0.2) is 29.4 Å². The highest BCUT2D eigenvalue weighted by Crippen LogP contribution is 2.11. The zero-order valence-corrected chi connectivity index (χ0v) is 12.9. The smallest absolute Gasteiger partial charge is 0.142 e. The summed E-state index contributed by atoms with van der Waals surface area (Å²) in [5.41, 5.74) is 1.03. The van der Waals surface area contributed by atoms with Gasteiger partial charge in [-0.15, -0.1) is 0 Å². The van der Waals surface area contributed by atoms with E-state index in [0.29, 0.717) is 11.6 Å². The van der Waals surface area contributed by atoms with E-state index in [0.717, 1.165) is 24.3 Å². The van der Waals surface area contributed by atoms with Crippen molar-refractivity contribution in [1.82, 2.24) is 5.32 Å². The second-order valence-corrected chi connectivity index (χ2v) is 4.79. The van der Waals surface area contributed by atoms with Gasteiger partial charge in [-0.25, -0.2) is 0 Å². The lowest BCUT2D eigenvalue weighted by molar-refractivity contribution is 0.132. The van der Waals surface area contributed by atoms with Crippen LogP contribution in [-0.4, -0.2) is 24.9 Å². The first-order valence-corrected chi connectivity index (χ1v) is 7.23. The molecule has 0 unspecified atom stereocenters. The van der Waals surface area contributed by atoms with Gasteiger partial charge in [-0.3, -0.25) is 0 Å². The highest BCUT2D eigenvalue weighted by atomic mass is 32.1. The Morgan fingerprint density at radius 1 is 1.30 bits per heavy atom. The molecule has 1 rings (SSSR count). The average molecular weight is 294 g/mol. The molecule has 1 N–H and O–H groups in total. The predicted octanol–water partition coefficient (Wildman–Crippen LogP) is 3.30. The third-order valence-corrected chi connectivity index (χ3v) is 2.96. The Hall–Kier alpha value is -1.62. The van der Waals surface area contributed by atoms with Crippen LogP contribution in [0.3, 0.4) is 0 Å². The molecule has 4 nitrogen and oxygen atoms in total. The monoisotopic (exact) mass is 294 g/mol. The lowest BCUT2D eigenvalue weighted by atomic mass is 10.2. The Morgan fingerprint density at radius 2 is 2.05 bits per heavy atom. The summed E-state index contributed by atoms with van der Waals surface area (Å²) in [5, 5.41) is 6.96. The molecule has 0 aromatic heterocycles. The topological polar surface area (TPSA) is 42.9 Å². The number of rotatable bonds is 9. The molecule has 0 aliphatic rings. The summed E-state index contributed by atoms with van der Waals surface area (Å²) in [6.07, 6.45) is 5.07. The molecule has 0 amide bonds. The molecule has 0 fully saturated rings. The van der Waals surface area contributed by atoms with Crippen LogP contribution < -0.4 is 10.1 Å². The molecule has 0 radical (unpaired) electrons. The Kier molecular flexibility index (Phi) is 8.38. The molecule has 1 aromatic carbocycles. The average Bonchev–Trinajstić information content (AvgIpc) is 2.49. The largest absolute Gasteiger partial charge is 0.497 e. The van der Waals surface area contributed by atoms with Crippen LogP contribution >= 0.6 is 12.2 Å². The van der Waals surface area contributed by atoms with Crippen molar-refractivity contribution in [1.29, 1.82) is 0 Å². The van der Waals surface area contributed by atoms with Crippen molar-refractivity contribution >= 4 is 23.4 Å².